The predicted octanol–water partition coefficient (Wildman–Crippen LogP) is 4.93. The molecule has 2 aromatic rings. The van der Waals surface area contributed by atoms with Crippen LogP contribution in [0.15, 0.2) is 59.6 Å². The molecule has 228 valence electrons. The predicted molar refractivity (Wildman–Crippen MR) is 139 cm³/mol. The molecule has 5 atom stereocenters. The van der Waals surface area contributed by atoms with Crippen LogP contribution in [-0.2, 0) is 25.0 Å². The number of alkyl halides is 7. The van der Waals surface area contributed by atoms with E-state index in [-0.39, 0.29) is 30.3 Å². The smallest absolute Gasteiger partial charge is 0.383 e. The maximum absolute atomic E-state index is 14.9. The number of amides is 1. The molecule has 2 aromatic carbocycles. The first-order valence-corrected chi connectivity index (χ1v) is 14.7. The highest BCUT2D eigenvalue weighted by Crippen LogP contribution is 2.57. The van der Waals surface area contributed by atoms with E-state index in [0.717, 1.165) is 24.3 Å². The minimum absolute atomic E-state index is 0.144. The molecule has 6 nitrogen and oxygen atoms in total. The van der Waals surface area contributed by atoms with Crippen molar-refractivity contribution < 1.29 is 48.3 Å². The number of rotatable bonds is 4. The van der Waals surface area contributed by atoms with Gasteiger partial charge in [0.05, 0.1) is 10.9 Å². The zero-order valence-corrected chi connectivity index (χ0v) is 23.5. The van der Waals surface area contributed by atoms with E-state index in [9.17, 15) is 48.3 Å². The molecular weight excluding hydrogens is 617 g/mol. The molecule has 3 heterocycles. The van der Waals surface area contributed by atoms with Gasteiger partial charge < -0.3 is 15.5 Å². The number of fused-ring (bicyclic) bond motifs is 3. The lowest BCUT2D eigenvalue weighted by molar-refractivity contribution is -0.348. The number of halogens is 8. The van der Waals surface area contributed by atoms with Gasteiger partial charge in [-0.15, -0.1) is 9.24 Å². The molecule has 0 aromatic heterocycles. The number of allylic oxidation sites excluding steroid dienone is 1. The standard InChI is InChI=1S/C26H24F8N3O3PS/c1-13-20(41)11-19(36-13)22(38)37-8-7-23(42(39,40)16-4-2-3-15(27)10-16)17-6-5-14(9-18(17)35-12-21(23)37)24(28,25(29,30)31)26(32,33)34/h2-6,9-10,19-21,35-36H,1,7-8,11-12,41H2. The van der Waals surface area contributed by atoms with E-state index in [0.29, 0.717) is 24.3 Å². The van der Waals surface area contributed by atoms with Crippen LogP contribution in [0.1, 0.15) is 24.0 Å². The van der Waals surface area contributed by atoms with Gasteiger partial charge in [-0.25, -0.2) is 17.2 Å². The summed E-state index contributed by atoms with van der Waals surface area (Å²) in [5.41, 5.74) is -7.86. The summed E-state index contributed by atoms with van der Waals surface area (Å²) in [5, 5.41) is 5.58. The molecule has 3 aliphatic rings. The van der Waals surface area contributed by atoms with Gasteiger partial charge in [-0.1, -0.05) is 24.8 Å². The summed E-state index contributed by atoms with van der Waals surface area (Å²) in [6.45, 7) is 3.27. The molecule has 5 rings (SSSR count). The van der Waals surface area contributed by atoms with Gasteiger partial charge >= 0.3 is 18.0 Å². The Morgan fingerprint density at radius 3 is 2.29 bits per heavy atom. The third-order valence-corrected chi connectivity index (χ3v) is 11.4. The molecule has 2 saturated heterocycles. The Bertz CT molecular complexity index is 1550. The van der Waals surface area contributed by atoms with Gasteiger partial charge in [0.1, 0.15) is 16.6 Å². The van der Waals surface area contributed by atoms with E-state index >= 15 is 0 Å². The summed E-state index contributed by atoms with van der Waals surface area (Å²) >= 11 is 0. The largest absolute Gasteiger partial charge is 0.435 e. The first-order chi connectivity index (χ1) is 19.4. The Balaban J connectivity index is 1.68. The second-order valence-electron chi connectivity index (χ2n) is 10.5. The second-order valence-corrected chi connectivity index (χ2v) is 13.5. The fourth-order valence-corrected chi connectivity index (χ4v) is 8.84. The van der Waals surface area contributed by atoms with Crippen molar-refractivity contribution in [2.75, 3.05) is 18.4 Å². The highest BCUT2D eigenvalue weighted by atomic mass is 32.2. The van der Waals surface area contributed by atoms with Gasteiger partial charge in [-0.05, 0) is 42.7 Å². The maximum Gasteiger partial charge on any atom is 0.435 e. The summed E-state index contributed by atoms with van der Waals surface area (Å²) in [4.78, 5) is 14.4. The summed E-state index contributed by atoms with van der Waals surface area (Å²) in [7, 11) is -2.14. The molecule has 5 unspecified atom stereocenters. The molecule has 16 heteroatoms. The zero-order valence-electron chi connectivity index (χ0n) is 21.5. The summed E-state index contributed by atoms with van der Waals surface area (Å²) in [5.74, 6) is -1.39. The number of likely N-dealkylation sites (tertiary alicyclic amines) is 1. The van der Waals surface area contributed by atoms with E-state index in [1.165, 1.54) is 4.90 Å². The molecule has 3 aliphatic heterocycles. The van der Waals surface area contributed by atoms with Crippen LogP contribution >= 0.6 is 9.24 Å². The lowest BCUT2D eigenvalue weighted by atomic mass is 9.83. The third-order valence-electron chi connectivity index (χ3n) is 8.24. The SMILES string of the molecule is C=C1NC(C(=O)N2CCC3(S(=O)(=O)c4cccc(F)c4)c4ccc(C(F)(C(F)(F)F)C(F)(F)F)cc4NCC23)CC1P. The van der Waals surface area contributed by atoms with Crippen LogP contribution in [-0.4, -0.2) is 62.4 Å². The van der Waals surface area contributed by atoms with Gasteiger partial charge in [0.2, 0.25) is 5.91 Å². The zero-order chi connectivity index (χ0) is 31.0. The quantitative estimate of drug-likeness (QED) is 0.366. The van der Waals surface area contributed by atoms with E-state index in [1.54, 1.807) is 0 Å². The molecule has 2 N–H and O–H groups in total. The number of hydrogen-bond donors (Lipinski definition) is 2. The molecule has 1 amide bonds. The fourth-order valence-electron chi connectivity index (χ4n) is 6.13. The first kappa shape index (κ1) is 30.5. The monoisotopic (exact) mass is 641 g/mol. The van der Waals surface area contributed by atoms with Crippen molar-refractivity contribution in [3.05, 3.63) is 71.7 Å². The first-order valence-electron chi connectivity index (χ1n) is 12.6. The van der Waals surface area contributed by atoms with Crippen molar-refractivity contribution in [1.29, 1.82) is 0 Å². The van der Waals surface area contributed by atoms with Gasteiger partial charge in [0.15, 0.2) is 9.84 Å². The number of hydrogen-bond acceptors (Lipinski definition) is 5. The molecular formula is C26H24F8N3O3PS. The summed E-state index contributed by atoms with van der Waals surface area (Å²) < 4.78 is 137. The molecule has 0 radical (unpaired) electrons. The van der Waals surface area contributed by atoms with Crippen LogP contribution in [0.3, 0.4) is 0 Å². The highest BCUT2D eigenvalue weighted by Gasteiger charge is 2.74. The minimum atomic E-state index is -6.38. The number of sulfone groups is 1. The average molecular weight is 642 g/mol. The molecule has 0 aliphatic carbocycles. The van der Waals surface area contributed by atoms with Crippen molar-refractivity contribution >= 4 is 30.7 Å². The number of benzene rings is 2. The van der Waals surface area contributed by atoms with Crippen LogP contribution in [0.2, 0.25) is 0 Å². The van der Waals surface area contributed by atoms with Crippen LogP contribution in [0.4, 0.5) is 40.8 Å². The Morgan fingerprint density at radius 1 is 1.05 bits per heavy atom. The second kappa shape index (κ2) is 9.80. The Kier molecular flexibility index (Phi) is 7.12. The molecule has 2 fully saturated rings. The maximum atomic E-state index is 14.9. The number of nitrogens with one attached hydrogen (secondary N) is 2. The van der Waals surface area contributed by atoms with Crippen molar-refractivity contribution in [2.45, 2.75) is 58.2 Å². The minimum Gasteiger partial charge on any atom is -0.383 e. The van der Waals surface area contributed by atoms with Gasteiger partial charge in [0.25, 0.3) is 0 Å². The van der Waals surface area contributed by atoms with Gasteiger partial charge in [-0.2, -0.15) is 26.3 Å². The normalized spacial score (nSPS) is 26.4. The van der Waals surface area contributed by atoms with Crippen LogP contribution < -0.4 is 10.6 Å². The topological polar surface area (TPSA) is 78.5 Å². The lowest BCUT2D eigenvalue weighted by Gasteiger charge is -2.43. The molecule has 42 heavy (non-hydrogen) atoms. The summed E-state index contributed by atoms with van der Waals surface area (Å²) in [6.07, 6.45) is -12.7. The number of anilines is 1. The van der Waals surface area contributed by atoms with Crippen molar-refractivity contribution in [2.24, 2.45) is 0 Å². The van der Waals surface area contributed by atoms with Crippen molar-refractivity contribution in [1.82, 2.24) is 10.2 Å². The van der Waals surface area contributed by atoms with Gasteiger partial charge in [-0.3, -0.25) is 4.79 Å². The highest BCUT2D eigenvalue weighted by molar-refractivity contribution is 7.92. The Hall–Kier alpha value is -2.93. The van der Waals surface area contributed by atoms with Crippen LogP contribution in [0, 0.1) is 5.82 Å². The van der Waals surface area contributed by atoms with Crippen LogP contribution in [0.25, 0.3) is 0 Å². The van der Waals surface area contributed by atoms with Crippen molar-refractivity contribution in [3.8, 4) is 0 Å². The van der Waals surface area contributed by atoms with E-state index in [1.807, 2.05) is 0 Å². The fraction of sp³-hybridized carbons (Fsp3) is 0.423. The van der Waals surface area contributed by atoms with E-state index in [2.05, 4.69) is 26.5 Å². The van der Waals surface area contributed by atoms with Crippen molar-refractivity contribution in [3.63, 3.8) is 0 Å². The van der Waals surface area contributed by atoms with E-state index < -0.39 is 79.1 Å². The third kappa shape index (κ3) is 4.29. The van der Waals surface area contributed by atoms with Gasteiger partial charge in [0, 0.05) is 35.7 Å². The number of carbonyl (C=O) groups is 1. The molecule has 0 spiro atoms. The van der Waals surface area contributed by atoms with E-state index in [4.69, 9.17) is 0 Å². The molecule has 0 saturated carbocycles. The average Bonchev–Trinajstić information content (AvgIpc) is 3.47. The Labute approximate surface area is 237 Å². The lowest BCUT2D eigenvalue weighted by Crippen LogP contribution is -2.57. The van der Waals surface area contributed by atoms with Crippen LogP contribution in [0.5, 0.6) is 0 Å². The number of nitrogens with zero attached hydrogens (tertiary/aromatic N) is 1. The number of carbonyl (C=O) groups excluding carboxylic acids is 1. The summed E-state index contributed by atoms with van der Waals surface area (Å²) in [6, 6.07) is 3.25. The Morgan fingerprint density at radius 2 is 1.71 bits per heavy atom. The molecule has 0 bridgehead atoms.